The molecule has 0 aliphatic carbocycles. The van der Waals surface area contributed by atoms with Crippen LogP contribution in [0.2, 0.25) is 5.02 Å². The Kier molecular flexibility index (Phi) is 3.71. The molecular formula is C14H13ClN2O3. The first kappa shape index (κ1) is 13.1. The largest absolute Gasteiger partial charge is 0.456 e. The lowest BCUT2D eigenvalue weighted by molar-refractivity contribution is 0.0271. The smallest absolute Gasteiger partial charge is 0.342 e. The highest BCUT2D eigenvalue weighted by Gasteiger charge is 2.24. The maximum Gasteiger partial charge on any atom is 0.342 e. The molecular weight excluding hydrogens is 280 g/mol. The Bertz CT molecular complexity index is 620. The summed E-state index contributed by atoms with van der Waals surface area (Å²) in [5.41, 5.74) is 1.67. The summed E-state index contributed by atoms with van der Waals surface area (Å²) in [4.78, 5) is 12.2. The third-order valence-electron chi connectivity index (χ3n) is 3.16. The fourth-order valence-corrected chi connectivity index (χ4v) is 2.36. The van der Waals surface area contributed by atoms with Crippen LogP contribution < -0.4 is 0 Å². The maximum absolute atomic E-state index is 12.2. The number of rotatable bonds is 3. The minimum Gasteiger partial charge on any atom is -0.456 e. The SMILES string of the molecule is O=C(O[C@@H]1CCOC1)c1cn[nH]c1-c1ccccc1Cl. The lowest BCUT2D eigenvalue weighted by atomic mass is 10.1. The van der Waals surface area contributed by atoms with Crippen molar-refractivity contribution in [2.24, 2.45) is 0 Å². The fourth-order valence-electron chi connectivity index (χ4n) is 2.13. The molecule has 0 spiro atoms. The Morgan fingerprint density at radius 2 is 2.30 bits per heavy atom. The van der Waals surface area contributed by atoms with Crippen molar-refractivity contribution in [3.63, 3.8) is 0 Å². The number of nitrogens with one attached hydrogen (secondary N) is 1. The summed E-state index contributed by atoms with van der Waals surface area (Å²) < 4.78 is 10.6. The standard InChI is InChI=1S/C14H13ClN2O3/c15-12-4-2-1-3-10(12)13-11(7-16-17-13)14(18)20-9-5-6-19-8-9/h1-4,7,9H,5-6,8H2,(H,16,17)/t9-/m1/s1. The van der Waals surface area contributed by atoms with Gasteiger partial charge in [-0.2, -0.15) is 5.10 Å². The van der Waals surface area contributed by atoms with Crippen molar-refractivity contribution in [2.75, 3.05) is 13.2 Å². The topological polar surface area (TPSA) is 64.2 Å². The van der Waals surface area contributed by atoms with E-state index in [1.807, 2.05) is 18.2 Å². The number of aromatic amines is 1. The Morgan fingerprint density at radius 3 is 3.05 bits per heavy atom. The molecule has 1 N–H and O–H groups in total. The maximum atomic E-state index is 12.2. The number of carbonyl (C=O) groups is 1. The van der Waals surface area contributed by atoms with Crippen molar-refractivity contribution >= 4 is 17.6 Å². The minimum absolute atomic E-state index is 0.184. The fraction of sp³-hybridized carbons (Fsp3) is 0.286. The van der Waals surface area contributed by atoms with Gasteiger partial charge >= 0.3 is 5.97 Å². The number of hydrogen-bond donors (Lipinski definition) is 1. The van der Waals surface area contributed by atoms with E-state index in [1.165, 1.54) is 6.20 Å². The predicted octanol–water partition coefficient (Wildman–Crippen LogP) is 2.68. The monoisotopic (exact) mass is 292 g/mol. The first-order valence-corrected chi connectivity index (χ1v) is 6.70. The van der Waals surface area contributed by atoms with Gasteiger partial charge in [0.25, 0.3) is 0 Å². The summed E-state index contributed by atoms with van der Waals surface area (Å²) in [5, 5.41) is 7.27. The van der Waals surface area contributed by atoms with E-state index in [4.69, 9.17) is 21.1 Å². The van der Waals surface area contributed by atoms with Crippen molar-refractivity contribution in [1.82, 2.24) is 10.2 Å². The molecule has 1 aromatic carbocycles. The number of halogens is 1. The molecule has 5 nitrogen and oxygen atoms in total. The van der Waals surface area contributed by atoms with Crippen LogP contribution in [0.5, 0.6) is 0 Å². The van der Waals surface area contributed by atoms with Crippen LogP contribution >= 0.6 is 11.6 Å². The molecule has 3 rings (SSSR count). The summed E-state index contributed by atoms with van der Waals surface area (Å²) >= 11 is 6.14. The number of aromatic nitrogens is 2. The van der Waals surface area contributed by atoms with E-state index in [9.17, 15) is 4.79 Å². The van der Waals surface area contributed by atoms with Crippen LogP contribution in [-0.2, 0) is 9.47 Å². The van der Waals surface area contributed by atoms with Crippen LogP contribution in [0, 0.1) is 0 Å². The van der Waals surface area contributed by atoms with Crippen molar-refractivity contribution in [2.45, 2.75) is 12.5 Å². The second-order valence-corrected chi connectivity index (χ2v) is 4.94. The van der Waals surface area contributed by atoms with Crippen LogP contribution in [0.25, 0.3) is 11.3 Å². The highest BCUT2D eigenvalue weighted by Crippen LogP contribution is 2.29. The van der Waals surface area contributed by atoms with Crippen molar-refractivity contribution in [3.8, 4) is 11.3 Å². The predicted molar refractivity (Wildman–Crippen MR) is 73.7 cm³/mol. The summed E-state index contributed by atoms with van der Waals surface area (Å²) in [5.74, 6) is -0.413. The van der Waals surface area contributed by atoms with Gasteiger partial charge in [0.15, 0.2) is 0 Å². The number of esters is 1. The van der Waals surface area contributed by atoms with Crippen molar-refractivity contribution < 1.29 is 14.3 Å². The van der Waals surface area contributed by atoms with E-state index in [0.717, 1.165) is 12.0 Å². The quantitative estimate of drug-likeness (QED) is 0.883. The van der Waals surface area contributed by atoms with Crippen molar-refractivity contribution in [1.29, 1.82) is 0 Å². The molecule has 2 aromatic rings. The molecule has 1 aliphatic rings. The lowest BCUT2D eigenvalue weighted by Gasteiger charge is -2.10. The first-order chi connectivity index (χ1) is 9.75. The normalized spacial score (nSPS) is 18.1. The van der Waals surface area contributed by atoms with Crippen LogP contribution in [0.1, 0.15) is 16.8 Å². The number of benzene rings is 1. The van der Waals surface area contributed by atoms with Crippen LogP contribution in [0.15, 0.2) is 30.5 Å². The molecule has 0 amide bonds. The van der Waals surface area contributed by atoms with E-state index in [1.54, 1.807) is 6.07 Å². The molecule has 1 fully saturated rings. The Morgan fingerprint density at radius 1 is 1.45 bits per heavy atom. The van der Waals surface area contributed by atoms with E-state index in [0.29, 0.717) is 29.5 Å². The lowest BCUT2D eigenvalue weighted by Crippen LogP contribution is -2.18. The van der Waals surface area contributed by atoms with E-state index in [-0.39, 0.29) is 6.10 Å². The molecule has 20 heavy (non-hydrogen) atoms. The van der Waals surface area contributed by atoms with Gasteiger partial charge < -0.3 is 9.47 Å². The molecule has 104 valence electrons. The number of ether oxygens (including phenoxy) is 2. The van der Waals surface area contributed by atoms with Crippen molar-refractivity contribution in [3.05, 3.63) is 41.0 Å². The van der Waals surface area contributed by atoms with Gasteiger partial charge in [0.1, 0.15) is 11.7 Å². The number of nitrogens with zero attached hydrogens (tertiary/aromatic N) is 1. The molecule has 0 saturated carbocycles. The van der Waals surface area contributed by atoms with Gasteiger partial charge in [-0.25, -0.2) is 4.79 Å². The third-order valence-corrected chi connectivity index (χ3v) is 3.49. The number of H-pyrrole nitrogens is 1. The highest BCUT2D eigenvalue weighted by atomic mass is 35.5. The summed E-state index contributed by atoms with van der Waals surface area (Å²) in [6.07, 6.45) is 2.00. The van der Waals surface area contributed by atoms with E-state index < -0.39 is 5.97 Å². The molecule has 1 atom stereocenters. The van der Waals surface area contributed by atoms with E-state index >= 15 is 0 Å². The summed E-state index contributed by atoms with van der Waals surface area (Å²) in [6, 6.07) is 7.26. The zero-order chi connectivity index (χ0) is 13.9. The van der Waals surface area contributed by atoms with Gasteiger partial charge in [0.2, 0.25) is 0 Å². The van der Waals surface area contributed by atoms with Crippen LogP contribution in [0.3, 0.4) is 0 Å². The van der Waals surface area contributed by atoms with Gasteiger partial charge in [-0.15, -0.1) is 0 Å². The second kappa shape index (κ2) is 5.64. The molecule has 2 heterocycles. The molecule has 1 aliphatic heterocycles. The Labute approximate surface area is 120 Å². The zero-order valence-corrected chi connectivity index (χ0v) is 11.4. The van der Waals surface area contributed by atoms with Gasteiger partial charge in [-0.3, -0.25) is 5.10 Å². The third kappa shape index (κ3) is 2.55. The van der Waals surface area contributed by atoms with Gasteiger partial charge in [0.05, 0.1) is 25.1 Å². The minimum atomic E-state index is -0.413. The van der Waals surface area contributed by atoms with Gasteiger partial charge in [-0.05, 0) is 6.07 Å². The van der Waals surface area contributed by atoms with Gasteiger partial charge in [0, 0.05) is 17.0 Å². The van der Waals surface area contributed by atoms with E-state index in [2.05, 4.69) is 10.2 Å². The Hall–Kier alpha value is -1.85. The Balaban J connectivity index is 1.86. The van der Waals surface area contributed by atoms with Crippen LogP contribution in [-0.4, -0.2) is 35.5 Å². The highest BCUT2D eigenvalue weighted by molar-refractivity contribution is 6.33. The molecule has 0 radical (unpaired) electrons. The summed E-state index contributed by atoms with van der Waals surface area (Å²) in [7, 11) is 0. The molecule has 1 saturated heterocycles. The molecule has 1 aromatic heterocycles. The summed E-state index contributed by atoms with van der Waals surface area (Å²) in [6.45, 7) is 1.08. The van der Waals surface area contributed by atoms with Gasteiger partial charge in [-0.1, -0.05) is 29.8 Å². The number of hydrogen-bond acceptors (Lipinski definition) is 4. The van der Waals surface area contributed by atoms with Crippen LogP contribution in [0.4, 0.5) is 0 Å². The first-order valence-electron chi connectivity index (χ1n) is 6.32. The average Bonchev–Trinajstić information content (AvgIpc) is 3.09. The second-order valence-electron chi connectivity index (χ2n) is 4.53. The number of carbonyl (C=O) groups excluding carboxylic acids is 1. The molecule has 0 bridgehead atoms. The average molecular weight is 293 g/mol. The zero-order valence-electron chi connectivity index (χ0n) is 10.6. The molecule has 0 unspecified atom stereocenters. The molecule has 6 heteroatoms.